The molecule has 0 saturated carbocycles. The number of allylic oxidation sites excluding steroid dienone is 3. The van der Waals surface area contributed by atoms with Crippen molar-refractivity contribution in [2.75, 3.05) is 6.61 Å². The fourth-order valence-corrected chi connectivity index (χ4v) is 3.94. The summed E-state index contributed by atoms with van der Waals surface area (Å²) in [7, 11) is 0. The van der Waals surface area contributed by atoms with Crippen molar-refractivity contribution < 1.29 is 4.74 Å². The van der Waals surface area contributed by atoms with Gasteiger partial charge in [0, 0.05) is 5.92 Å². The molecule has 0 aromatic heterocycles. The van der Waals surface area contributed by atoms with E-state index in [1.165, 1.54) is 24.0 Å². The van der Waals surface area contributed by atoms with Gasteiger partial charge < -0.3 is 4.74 Å². The van der Waals surface area contributed by atoms with Crippen LogP contribution in [0.5, 0.6) is 0 Å². The van der Waals surface area contributed by atoms with E-state index < -0.39 is 0 Å². The molecule has 0 amide bonds. The fourth-order valence-electron chi connectivity index (χ4n) is 3.94. The molecule has 1 aliphatic carbocycles. The van der Waals surface area contributed by atoms with Crippen molar-refractivity contribution in [2.45, 2.75) is 46.1 Å². The van der Waals surface area contributed by atoms with Crippen LogP contribution in [-0.4, -0.2) is 6.61 Å². The minimum atomic E-state index is 0.253. The fraction of sp³-hybridized carbons (Fsp3) is 0.524. The van der Waals surface area contributed by atoms with E-state index in [9.17, 15) is 0 Å². The van der Waals surface area contributed by atoms with E-state index in [-0.39, 0.29) is 6.10 Å². The van der Waals surface area contributed by atoms with Crippen molar-refractivity contribution in [1.82, 2.24) is 0 Å². The van der Waals surface area contributed by atoms with E-state index in [1.54, 1.807) is 5.57 Å². The van der Waals surface area contributed by atoms with Gasteiger partial charge in [-0.3, -0.25) is 0 Å². The van der Waals surface area contributed by atoms with E-state index >= 15 is 0 Å². The molecule has 2 aliphatic rings. The summed E-state index contributed by atoms with van der Waals surface area (Å²) in [5, 5.41) is 0. The minimum absolute atomic E-state index is 0.253. The largest absolute Gasteiger partial charge is 0.373 e. The average molecular weight is 296 g/mol. The first-order valence-corrected chi connectivity index (χ1v) is 8.65. The maximum Gasteiger partial charge on any atom is 0.0890 e. The van der Waals surface area contributed by atoms with Crippen LogP contribution in [0.1, 0.15) is 51.7 Å². The van der Waals surface area contributed by atoms with E-state index in [0.717, 1.165) is 13.0 Å². The van der Waals surface area contributed by atoms with Gasteiger partial charge in [0.15, 0.2) is 0 Å². The van der Waals surface area contributed by atoms with Crippen molar-refractivity contribution in [3.8, 4) is 0 Å². The first-order chi connectivity index (χ1) is 10.6. The summed E-state index contributed by atoms with van der Waals surface area (Å²) in [5.41, 5.74) is 4.38. The lowest BCUT2D eigenvalue weighted by molar-refractivity contribution is -0.0629. The second-order valence-corrected chi connectivity index (χ2v) is 7.19. The highest BCUT2D eigenvalue weighted by atomic mass is 16.5. The maximum absolute atomic E-state index is 6.30. The van der Waals surface area contributed by atoms with Crippen LogP contribution in [0.25, 0.3) is 0 Å². The van der Waals surface area contributed by atoms with E-state index in [0.29, 0.717) is 17.8 Å². The number of fused-ring (bicyclic) bond motifs is 2. The lowest BCUT2D eigenvalue weighted by Gasteiger charge is -2.43. The zero-order valence-electron chi connectivity index (χ0n) is 14.1. The monoisotopic (exact) mass is 296 g/mol. The number of hydrogen-bond donors (Lipinski definition) is 0. The molecule has 3 rings (SSSR count). The highest BCUT2D eigenvalue weighted by molar-refractivity contribution is 5.26. The highest BCUT2D eigenvalue weighted by Crippen LogP contribution is 2.47. The molecule has 1 fully saturated rings. The molecule has 1 nitrogen and oxygen atoms in total. The van der Waals surface area contributed by atoms with Crippen molar-refractivity contribution >= 4 is 0 Å². The molecular weight excluding hydrogens is 268 g/mol. The van der Waals surface area contributed by atoms with Crippen LogP contribution >= 0.6 is 0 Å². The average Bonchev–Trinajstić information content (AvgIpc) is 2.53. The third kappa shape index (κ3) is 3.35. The molecule has 1 heteroatoms. The molecule has 1 aromatic rings. The van der Waals surface area contributed by atoms with Crippen LogP contribution in [0.3, 0.4) is 0 Å². The number of hydrogen-bond acceptors (Lipinski definition) is 1. The molecule has 0 unspecified atom stereocenters. The Hall–Kier alpha value is -1.34. The quantitative estimate of drug-likeness (QED) is 0.647. The summed E-state index contributed by atoms with van der Waals surface area (Å²) in [6, 6.07) is 10.8. The SMILES string of the molecule is CC(C)=CCCC1=C[C@H](C)[C@@H]2CO[C@H](c3ccccc3)[C@H]1C2. The van der Waals surface area contributed by atoms with Gasteiger partial charge in [-0.15, -0.1) is 0 Å². The zero-order valence-corrected chi connectivity index (χ0v) is 14.1. The predicted molar refractivity (Wildman–Crippen MR) is 92.6 cm³/mol. The zero-order chi connectivity index (χ0) is 15.5. The number of ether oxygens (including phenoxy) is 1. The van der Waals surface area contributed by atoms with Gasteiger partial charge in [0.1, 0.15) is 0 Å². The van der Waals surface area contributed by atoms with Crippen LogP contribution in [0.15, 0.2) is 53.6 Å². The lowest BCUT2D eigenvalue weighted by Crippen LogP contribution is -2.36. The summed E-state index contributed by atoms with van der Waals surface area (Å²) in [6.07, 6.45) is 8.79. The Morgan fingerprint density at radius 1 is 1.23 bits per heavy atom. The summed E-state index contributed by atoms with van der Waals surface area (Å²) in [4.78, 5) is 0. The van der Waals surface area contributed by atoms with E-state index in [1.807, 2.05) is 0 Å². The Balaban J connectivity index is 1.81. The molecule has 4 atom stereocenters. The second kappa shape index (κ2) is 6.83. The molecule has 0 radical (unpaired) electrons. The predicted octanol–water partition coefficient (Wildman–Crippen LogP) is 5.70. The number of benzene rings is 1. The molecule has 0 spiro atoms. The number of rotatable bonds is 4. The van der Waals surface area contributed by atoms with Crippen molar-refractivity contribution in [2.24, 2.45) is 17.8 Å². The normalized spacial score (nSPS) is 30.6. The molecular formula is C21H28O. The Morgan fingerprint density at radius 3 is 2.73 bits per heavy atom. The third-order valence-electron chi connectivity index (χ3n) is 5.22. The molecule has 1 heterocycles. The van der Waals surface area contributed by atoms with Gasteiger partial charge in [-0.25, -0.2) is 0 Å². The van der Waals surface area contributed by atoms with Gasteiger partial charge in [-0.05, 0) is 50.5 Å². The van der Waals surface area contributed by atoms with Gasteiger partial charge in [0.05, 0.1) is 12.7 Å². The van der Waals surface area contributed by atoms with Crippen LogP contribution in [0.4, 0.5) is 0 Å². The van der Waals surface area contributed by atoms with Crippen molar-refractivity contribution in [1.29, 1.82) is 0 Å². The summed E-state index contributed by atoms with van der Waals surface area (Å²) >= 11 is 0. The maximum atomic E-state index is 6.30. The summed E-state index contributed by atoms with van der Waals surface area (Å²) < 4.78 is 6.30. The van der Waals surface area contributed by atoms with Gasteiger partial charge in [-0.2, -0.15) is 0 Å². The standard InChI is InChI=1S/C21H28O/c1-15(2)8-7-11-18-12-16(3)19-13-20(18)21(22-14-19)17-9-5-4-6-10-17/h4-6,8-10,12,16,19-21H,7,11,13-14H2,1-3H3/t16-,19-,20-,21+/m0/s1. The molecule has 1 aromatic carbocycles. The van der Waals surface area contributed by atoms with Gasteiger partial charge in [-0.1, -0.05) is 60.6 Å². The van der Waals surface area contributed by atoms with E-state index in [2.05, 4.69) is 63.3 Å². The first-order valence-electron chi connectivity index (χ1n) is 8.65. The van der Waals surface area contributed by atoms with Crippen molar-refractivity contribution in [3.05, 3.63) is 59.2 Å². The van der Waals surface area contributed by atoms with Crippen LogP contribution < -0.4 is 0 Å². The Kier molecular flexibility index (Phi) is 4.83. The highest BCUT2D eigenvalue weighted by Gasteiger charge is 2.39. The van der Waals surface area contributed by atoms with Crippen LogP contribution in [-0.2, 0) is 4.74 Å². The molecule has 2 bridgehead atoms. The molecule has 1 saturated heterocycles. The topological polar surface area (TPSA) is 9.23 Å². The minimum Gasteiger partial charge on any atom is -0.373 e. The van der Waals surface area contributed by atoms with Gasteiger partial charge in [0.25, 0.3) is 0 Å². The van der Waals surface area contributed by atoms with E-state index in [4.69, 9.17) is 4.74 Å². The Labute approximate surface area is 135 Å². The summed E-state index contributed by atoms with van der Waals surface area (Å²) in [6.45, 7) is 7.64. The second-order valence-electron chi connectivity index (χ2n) is 7.19. The van der Waals surface area contributed by atoms with Crippen molar-refractivity contribution in [3.63, 3.8) is 0 Å². The van der Waals surface area contributed by atoms with Gasteiger partial charge >= 0.3 is 0 Å². The molecule has 0 N–H and O–H groups in total. The van der Waals surface area contributed by atoms with Crippen LogP contribution in [0.2, 0.25) is 0 Å². The molecule has 118 valence electrons. The Morgan fingerprint density at radius 2 is 2.00 bits per heavy atom. The summed E-state index contributed by atoms with van der Waals surface area (Å²) in [5.74, 6) is 1.94. The van der Waals surface area contributed by atoms with Gasteiger partial charge in [0.2, 0.25) is 0 Å². The molecule has 22 heavy (non-hydrogen) atoms. The molecule has 1 aliphatic heterocycles. The first kappa shape index (κ1) is 15.6. The van der Waals surface area contributed by atoms with Crippen LogP contribution in [0, 0.1) is 17.8 Å². The smallest absolute Gasteiger partial charge is 0.0890 e. The Bertz CT molecular complexity index is 551. The lowest BCUT2D eigenvalue weighted by atomic mass is 9.70. The third-order valence-corrected chi connectivity index (χ3v) is 5.22.